The smallest absolute Gasteiger partial charge is 0.245 e. The molecule has 0 atom stereocenters. The van der Waals surface area contributed by atoms with Gasteiger partial charge in [0.15, 0.2) is 0 Å². The zero-order valence-corrected chi connectivity index (χ0v) is 17.5. The van der Waals surface area contributed by atoms with Crippen LogP contribution in [0.1, 0.15) is 38.7 Å². The van der Waals surface area contributed by atoms with Crippen molar-refractivity contribution in [3.8, 4) is 0 Å². The first-order valence-electron chi connectivity index (χ1n) is 10.0. The number of hydrogen-bond acceptors (Lipinski definition) is 4. The van der Waals surface area contributed by atoms with Gasteiger partial charge in [-0.15, -0.1) is 0 Å². The molecule has 2 aromatic rings. The fourth-order valence-electron chi connectivity index (χ4n) is 3.58. The second-order valence-corrected chi connectivity index (χ2v) is 8.86. The van der Waals surface area contributed by atoms with Crippen molar-refractivity contribution in [2.24, 2.45) is 4.99 Å². The van der Waals surface area contributed by atoms with Gasteiger partial charge in [-0.3, -0.25) is 4.99 Å². The number of rotatable bonds is 7. The summed E-state index contributed by atoms with van der Waals surface area (Å²) in [5, 5.41) is 0. The number of benzene rings is 2. The predicted octanol–water partition coefficient (Wildman–Crippen LogP) is 4.46. The highest BCUT2D eigenvalue weighted by molar-refractivity contribution is 7.89. The van der Waals surface area contributed by atoms with Crippen LogP contribution >= 0.6 is 0 Å². The number of piperidine rings is 1. The number of sulfonamides is 1. The van der Waals surface area contributed by atoms with E-state index in [9.17, 15) is 8.42 Å². The number of nitrogens with zero attached hydrogens (tertiary/aromatic N) is 3. The van der Waals surface area contributed by atoms with E-state index in [0.29, 0.717) is 23.7 Å². The molecule has 0 unspecified atom stereocenters. The molecule has 0 saturated carbocycles. The largest absolute Gasteiger partial charge is 0.370 e. The summed E-state index contributed by atoms with van der Waals surface area (Å²) in [4.78, 5) is 7.08. The standard InChI is InChI=1S/C22H29N3O2S/c1-3-25(4-2)28(26,27)22-17-20(23-18-19-11-7-5-8-12-19)13-14-21(22)24-15-9-6-10-16-24/h5,7-8,11-14,17-18H,3-4,6,9-10,15-16H2,1-2H3. The molecule has 6 heteroatoms. The average Bonchev–Trinajstić information content (AvgIpc) is 2.74. The van der Waals surface area contributed by atoms with Crippen molar-refractivity contribution in [1.29, 1.82) is 0 Å². The second-order valence-electron chi connectivity index (χ2n) is 6.96. The van der Waals surface area contributed by atoms with Gasteiger partial charge in [-0.2, -0.15) is 4.31 Å². The first-order valence-corrected chi connectivity index (χ1v) is 11.5. The zero-order chi connectivity index (χ0) is 20.0. The van der Waals surface area contributed by atoms with E-state index in [1.54, 1.807) is 12.3 Å². The minimum atomic E-state index is -3.57. The molecular weight excluding hydrogens is 370 g/mol. The van der Waals surface area contributed by atoms with Crippen LogP contribution in [-0.4, -0.2) is 45.1 Å². The van der Waals surface area contributed by atoms with E-state index in [1.807, 2.05) is 56.3 Å². The van der Waals surface area contributed by atoms with Crippen LogP contribution in [0.2, 0.25) is 0 Å². The molecule has 1 aliphatic rings. The SMILES string of the molecule is CCN(CC)S(=O)(=O)c1cc(N=Cc2ccccc2)ccc1N1CCCCC1. The molecule has 1 fully saturated rings. The van der Waals surface area contributed by atoms with Gasteiger partial charge in [0.25, 0.3) is 0 Å². The molecule has 0 amide bonds. The summed E-state index contributed by atoms with van der Waals surface area (Å²) in [7, 11) is -3.57. The van der Waals surface area contributed by atoms with Crippen molar-refractivity contribution < 1.29 is 8.42 Å². The number of hydrogen-bond donors (Lipinski definition) is 0. The molecule has 0 bridgehead atoms. The Hall–Kier alpha value is -2.18. The summed E-state index contributed by atoms with van der Waals surface area (Å²) < 4.78 is 28.2. The van der Waals surface area contributed by atoms with Gasteiger partial charge in [0.2, 0.25) is 10.0 Å². The quantitative estimate of drug-likeness (QED) is 0.646. The summed E-state index contributed by atoms with van der Waals surface area (Å²) in [6.07, 6.45) is 5.16. The van der Waals surface area contributed by atoms with Gasteiger partial charge in [-0.1, -0.05) is 44.2 Å². The van der Waals surface area contributed by atoms with Gasteiger partial charge in [0.1, 0.15) is 4.90 Å². The van der Waals surface area contributed by atoms with Crippen LogP contribution in [0, 0.1) is 0 Å². The first-order chi connectivity index (χ1) is 13.6. The van der Waals surface area contributed by atoms with Crippen LogP contribution in [0.25, 0.3) is 0 Å². The lowest BCUT2D eigenvalue weighted by molar-refractivity contribution is 0.445. The van der Waals surface area contributed by atoms with E-state index in [0.717, 1.165) is 37.2 Å². The Bertz CT molecular complexity index is 901. The van der Waals surface area contributed by atoms with Crippen molar-refractivity contribution >= 4 is 27.6 Å². The first kappa shape index (κ1) is 20.6. The van der Waals surface area contributed by atoms with Gasteiger partial charge in [0.05, 0.1) is 11.4 Å². The molecule has 3 rings (SSSR count). The molecule has 0 aromatic heterocycles. The summed E-state index contributed by atoms with van der Waals surface area (Å²) in [5.41, 5.74) is 2.43. The highest BCUT2D eigenvalue weighted by Gasteiger charge is 2.27. The van der Waals surface area contributed by atoms with Crippen molar-refractivity contribution in [1.82, 2.24) is 4.31 Å². The molecule has 0 radical (unpaired) electrons. The summed E-state index contributed by atoms with van der Waals surface area (Å²) in [5.74, 6) is 0. The van der Waals surface area contributed by atoms with Crippen molar-refractivity contribution in [2.75, 3.05) is 31.1 Å². The molecule has 2 aromatic carbocycles. The van der Waals surface area contributed by atoms with Gasteiger partial charge in [-0.05, 0) is 43.0 Å². The molecule has 0 N–H and O–H groups in total. The van der Waals surface area contributed by atoms with E-state index >= 15 is 0 Å². The zero-order valence-electron chi connectivity index (χ0n) is 16.7. The van der Waals surface area contributed by atoms with Crippen molar-refractivity contribution in [3.05, 3.63) is 54.1 Å². The van der Waals surface area contributed by atoms with Gasteiger partial charge in [-0.25, -0.2) is 8.42 Å². The normalized spacial score (nSPS) is 15.5. The minimum absolute atomic E-state index is 0.362. The molecule has 0 spiro atoms. The Morgan fingerprint density at radius 1 is 1.00 bits per heavy atom. The fraction of sp³-hybridized carbons (Fsp3) is 0.409. The fourth-order valence-corrected chi connectivity index (χ4v) is 5.27. The predicted molar refractivity (Wildman–Crippen MR) is 116 cm³/mol. The van der Waals surface area contributed by atoms with E-state index in [4.69, 9.17) is 0 Å². The van der Waals surface area contributed by atoms with Crippen LogP contribution in [0.3, 0.4) is 0 Å². The molecule has 5 nitrogen and oxygen atoms in total. The Balaban J connectivity index is 2.02. The second kappa shape index (κ2) is 9.34. The van der Waals surface area contributed by atoms with Gasteiger partial charge < -0.3 is 4.90 Å². The average molecular weight is 400 g/mol. The molecular formula is C22H29N3O2S. The number of anilines is 1. The molecule has 150 valence electrons. The van der Waals surface area contributed by atoms with E-state index < -0.39 is 10.0 Å². The number of aliphatic imine (C=N–C) groups is 1. The monoisotopic (exact) mass is 399 g/mol. The molecule has 1 aliphatic heterocycles. The lowest BCUT2D eigenvalue weighted by atomic mass is 10.1. The maximum absolute atomic E-state index is 13.3. The Kier molecular flexibility index (Phi) is 6.86. The van der Waals surface area contributed by atoms with Crippen LogP contribution in [0.4, 0.5) is 11.4 Å². The minimum Gasteiger partial charge on any atom is -0.370 e. The van der Waals surface area contributed by atoms with Crippen LogP contribution in [-0.2, 0) is 10.0 Å². The van der Waals surface area contributed by atoms with Crippen molar-refractivity contribution in [2.45, 2.75) is 38.0 Å². The summed E-state index contributed by atoms with van der Waals surface area (Å²) in [6.45, 7) is 6.45. The van der Waals surface area contributed by atoms with E-state index in [-0.39, 0.29) is 0 Å². The van der Waals surface area contributed by atoms with Crippen LogP contribution < -0.4 is 4.90 Å². The molecule has 28 heavy (non-hydrogen) atoms. The van der Waals surface area contributed by atoms with Crippen LogP contribution in [0.15, 0.2) is 58.4 Å². The third-order valence-electron chi connectivity index (χ3n) is 5.13. The lowest BCUT2D eigenvalue weighted by Gasteiger charge is -2.31. The third-order valence-corrected chi connectivity index (χ3v) is 7.20. The maximum Gasteiger partial charge on any atom is 0.245 e. The van der Waals surface area contributed by atoms with Crippen molar-refractivity contribution in [3.63, 3.8) is 0 Å². The lowest BCUT2D eigenvalue weighted by Crippen LogP contribution is -2.34. The molecule has 0 aliphatic carbocycles. The van der Waals surface area contributed by atoms with Gasteiger partial charge in [0, 0.05) is 32.4 Å². The van der Waals surface area contributed by atoms with E-state index in [2.05, 4.69) is 9.89 Å². The highest BCUT2D eigenvalue weighted by Crippen LogP contribution is 2.33. The Labute approximate surface area is 168 Å². The third kappa shape index (κ3) is 4.62. The van der Waals surface area contributed by atoms with E-state index in [1.165, 1.54) is 10.7 Å². The Morgan fingerprint density at radius 3 is 2.32 bits per heavy atom. The molecule has 1 heterocycles. The Morgan fingerprint density at radius 2 is 1.68 bits per heavy atom. The molecule has 1 saturated heterocycles. The summed E-state index contributed by atoms with van der Waals surface area (Å²) in [6, 6.07) is 15.4. The topological polar surface area (TPSA) is 53.0 Å². The van der Waals surface area contributed by atoms with Crippen LogP contribution in [0.5, 0.6) is 0 Å². The van der Waals surface area contributed by atoms with Gasteiger partial charge >= 0.3 is 0 Å². The summed E-state index contributed by atoms with van der Waals surface area (Å²) >= 11 is 0. The maximum atomic E-state index is 13.3. The highest BCUT2D eigenvalue weighted by atomic mass is 32.2.